The van der Waals surface area contributed by atoms with Crippen molar-refractivity contribution in [1.82, 2.24) is 16.0 Å². The monoisotopic (exact) mass is 443 g/mol. The van der Waals surface area contributed by atoms with Gasteiger partial charge in [0.05, 0.1) is 6.04 Å². The average molecular weight is 444 g/mol. The summed E-state index contributed by atoms with van der Waals surface area (Å²) >= 11 is 0. The van der Waals surface area contributed by atoms with E-state index in [2.05, 4.69) is 16.0 Å². The van der Waals surface area contributed by atoms with E-state index in [1.165, 1.54) is 6.92 Å². The van der Waals surface area contributed by atoms with E-state index in [9.17, 15) is 29.1 Å². The second kappa shape index (κ2) is 13.6. The molecule has 0 rings (SSSR count). The highest BCUT2D eigenvalue weighted by Gasteiger charge is 2.28. The Kier molecular flexibility index (Phi) is 12.4. The molecule has 31 heavy (non-hydrogen) atoms. The normalized spacial score (nSPS) is 15.0. The summed E-state index contributed by atoms with van der Waals surface area (Å²) in [4.78, 5) is 59.7. The summed E-state index contributed by atoms with van der Waals surface area (Å²) in [7, 11) is 0. The molecule has 0 aromatic heterocycles. The fourth-order valence-corrected chi connectivity index (χ4v) is 2.82. The lowest BCUT2D eigenvalue weighted by Crippen LogP contribution is -2.56. The van der Waals surface area contributed by atoms with Crippen molar-refractivity contribution in [3.63, 3.8) is 0 Å². The van der Waals surface area contributed by atoms with Gasteiger partial charge >= 0.3 is 5.97 Å². The van der Waals surface area contributed by atoms with Crippen LogP contribution in [0, 0.1) is 11.8 Å². The van der Waals surface area contributed by atoms with Gasteiger partial charge in [0.15, 0.2) is 0 Å². The van der Waals surface area contributed by atoms with Gasteiger partial charge in [-0.15, -0.1) is 0 Å². The molecular weight excluding hydrogens is 406 g/mol. The molecule has 8 N–H and O–H groups in total. The van der Waals surface area contributed by atoms with Gasteiger partial charge in [0.25, 0.3) is 0 Å². The Balaban J connectivity index is 5.12. The first-order valence-corrected chi connectivity index (χ1v) is 10.4. The number of carbonyl (C=O) groups excluding carboxylic acids is 4. The lowest BCUT2D eigenvalue weighted by molar-refractivity contribution is -0.142. The number of carbonyl (C=O) groups is 5. The summed E-state index contributed by atoms with van der Waals surface area (Å²) < 4.78 is 0. The van der Waals surface area contributed by atoms with Gasteiger partial charge in [-0.05, 0) is 38.0 Å². The molecule has 4 amide bonds. The molecule has 0 spiro atoms. The quantitative estimate of drug-likeness (QED) is 0.203. The minimum Gasteiger partial charge on any atom is -0.480 e. The first-order valence-electron chi connectivity index (χ1n) is 10.4. The fourth-order valence-electron chi connectivity index (χ4n) is 2.82. The molecule has 0 aliphatic rings. The number of hydrogen-bond donors (Lipinski definition) is 6. The molecule has 4 atom stereocenters. The number of amides is 4. The molecule has 4 unspecified atom stereocenters. The first kappa shape index (κ1) is 28.3. The van der Waals surface area contributed by atoms with Gasteiger partial charge in [-0.1, -0.05) is 27.7 Å². The largest absolute Gasteiger partial charge is 0.480 e. The van der Waals surface area contributed by atoms with E-state index in [-0.39, 0.29) is 31.1 Å². The maximum absolute atomic E-state index is 12.6. The summed E-state index contributed by atoms with van der Waals surface area (Å²) in [6, 6.07) is -4.12. The first-order chi connectivity index (χ1) is 14.2. The molecule has 0 heterocycles. The Morgan fingerprint density at radius 3 is 1.74 bits per heavy atom. The van der Waals surface area contributed by atoms with Crippen molar-refractivity contribution in [2.45, 2.75) is 84.5 Å². The predicted octanol–water partition coefficient (Wildman–Crippen LogP) is -0.770. The highest BCUT2D eigenvalue weighted by atomic mass is 16.4. The maximum atomic E-state index is 12.6. The second-order valence-electron chi connectivity index (χ2n) is 8.56. The van der Waals surface area contributed by atoms with Crippen LogP contribution in [-0.4, -0.2) is 58.9 Å². The van der Waals surface area contributed by atoms with Crippen LogP contribution in [0.25, 0.3) is 0 Å². The lowest BCUT2D eigenvalue weighted by Gasteiger charge is -2.24. The van der Waals surface area contributed by atoms with E-state index in [0.717, 1.165) is 0 Å². The van der Waals surface area contributed by atoms with E-state index in [4.69, 9.17) is 11.5 Å². The van der Waals surface area contributed by atoms with E-state index < -0.39 is 53.8 Å². The van der Waals surface area contributed by atoms with E-state index in [1.54, 1.807) is 0 Å². The van der Waals surface area contributed by atoms with Gasteiger partial charge in [0.1, 0.15) is 18.1 Å². The molecule has 0 saturated carbocycles. The predicted molar refractivity (Wildman–Crippen MR) is 114 cm³/mol. The zero-order chi connectivity index (χ0) is 24.3. The number of carboxylic acid groups (broad SMARTS) is 1. The van der Waals surface area contributed by atoms with E-state index in [1.807, 2.05) is 27.7 Å². The van der Waals surface area contributed by atoms with Crippen molar-refractivity contribution in [2.24, 2.45) is 23.3 Å². The summed E-state index contributed by atoms with van der Waals surface area (Å²) in [5.41, 5.74) is 11.0. The Morgan fingerprint density at radius 1 is 0.774 bits per heavy atom. The van der Waals surface area contributed by atoms with Gasteiger partial charge < -0.3 is 32.5 Å². The molecule has 11 heteroatoms. The van der Waals surface area contributed by atoms with E-state index in [0.29, 0.717) is 6.42 Å². The Morgan fingerprint density at radius 2 is 1.29 bits per heavy atom. The van der Waals surface area contributed by atoms with Crippen molar-refractivity contribution < 1.29 is 29.1 Å². The van der Waals surface area contributed by atoms with Crippen LogP contribution in [0.5, 0.6) is 0 Å². The highest BCUT2D eigenvalue weighted by Crippen LogP contribution is 2.07. The third-order valence-electron chi connectivity index (χ3n) is 4.45. The Hall–Kier alpha value is -2.69. The number of rotatable bonds is 14. The fraction of sp³-hybridized carbons (Fsp3) is 0.750. The molecule has 0 bridgehead atoms. The van der Waals surface area contributed by atoms with Crippen LogP contribution in [-0.2, 0) is 24.0 Å². The van der Waals surface area contributed by atoms with Crippen molar-refractivity contribution >= 4 is 29.6 Å². The minimum atomic E-state index is -1.17. The highest BCUT2D eigenvalue weighted by molar-refractivity contribution is 5.94. The summed E-state index contributed by atoms with van der Waals surface area (Å²) in [6.45, 7) is 8.83. The zero-order valence-corrected chi connectivity index (χ0v) is 18.9. The molecule has 0 radical (unpaired) electrons. The number of nitrogens with one attached hydrogen (secondary N) is 3. The van der Waals surface area contributed by atoms with Crippen LogP contribution in [0.4, 0.5) is 0 Å². The second-order valence-corrected chi connectivity index (χ2v) is 8.56. The molecule has 0 aromatic rings. The smallest absolute Gasteiger partial charge is 0.326 e. The van der Waals surface area contributed by atoms with Crippen LogP contribution in [0.15, 0.2) is 0 Å². The van der Waals surface area contributed by atoms with Crippen LogP contribution in [0.1, 0.15) is 60.3 Å². The number of primary amides is 1. The number of carboxylic acids is 1. The van der Waals surface area contributed by atoms with Crippen LogP contribution < -0.4 is 27.4 Å². The lowest BCUT2D eigenvalue weighted by atomic mass is 10.0. The topological polar surface area (TPSA) is 194 Å². The van der Waals surface area contributed by atoms with Crippen molar-refractivity contribution in [1.29, 1.82) is 0 Å². The summed E-state index contributed by atoms with van der Waals surface area (Å²) in [6.07, 6.45) is 0.405. The average Bonchev–Trinajstić information content (AvgIpc) is 2.62. The summed E-state index contributed by atoms with van der Waals surface area (Å²) in [5.74, 6) is -3.57. The Labute approximate surface area is 183 Å². The van der Waals surface area contributed by atoms with Crippen LogP contribution >= 0.6 is 0 Å². The van der Waals surface area contributed by atoms with Crippen molar-refractivity contribution in [2.75, 3.05) is 0 Å². The minimum absolute atomic E-state index is 0.0368. The number of aliphatic carboxylic acids is 1. The molecule has 11 nitrogen and oxygen atoms in total. The SMILES string of the molecule is CC(C)CC(N)C(=O)NC(CCC(N)=O)C(=O)NC(C)C(=O)NC(CC(C)C)C(=O)O. The third-order valence-corrected chi connectivity index (χ3v) is 4.45. The Bertz CT molecular complexity index is 652. The van der Waals surface area contributed by atoms with Gasteiger partial charge in [0.2, 0.25) is 23.6 Å². The van der Waals surface area contributed by atoms with Gasteiger partial charge in [-0.3, -0.25) is 19.2 Å². The van der Waals surface area contributed by atoms with E-state index >= 15 is 0 Å². The molecule has 0 saturated heterocycles. The molecule has 0 fully saturated rings. The molecular formula is C20H37N5O6. The molecule has 0 aliphatic heterocycles. The van der Waals surface area contributed by atoms with Gasteiger partial charge in [0, 0.05) is 6.42 Å². The van der Waals surface area contributed by atoms with Crippen LogP contribution in [0.2, 0.25) is 0 Å². The van der Waals surface area contributed by atoms with Gasteiger partial charge in [-0.2, -0.15) is 0 Å². The van der Waals surface area contributed by atoms with Crippen molar-refractivity contribution in [3.05, 3.63) is 0 Å². The molecule has 178 valence electrons. The maximum Gasteiger partial charge on any atom is 0.326 e. The summed E-state index contributed by atoms with van der Waals surface area (Å²) in [5, 5.41) is 16.6. The molecule has 0 aliphatic carbocycles. The molecule has 0 aromatic carbocycles. The van der Waals surface area contributed by atoms with Crippen LogP contribution in [0.3, 0.4) is 0 Å². The standard InChI is InChI=1S/C20H37N5O6/c1-10(2)8-13(21)18(28)24-14(6-7-16(22)26)19(29)23-12(5)17(27)25-15(20(30)31)9-11(3)4/h10-15H,6-9,21H2,1-5H3,(H2,22,26)(H,23,29)(H,24,28)(H,25,27)(H,30,31). The number of hydrogen-bond acceptors (Lipinski definition) is 6. The number of nitrogens with two attached hydrogens (primary N) is 2. The third kappa shape index (κ3) is 11.9. The van der Waals surface area contributed by atoms with Crippen molar-refractivity contribution in [3.8, 4) is 0 Å². The van der Waals surface area contributed by atoms with Gasteiger partial charge in [-0.25, -0.2) is 4.79 Å². The zero-order valence-electron chi connectivity index (χ0n) is 18.9.